The third-order valence-electron chi connectivity index (χ3n) is 5.81. The maximum Gasteiger partial charge on any atom is 0.188 e. The molecule has 0 aliphatic rings. The van der Waals surface area contributed by atoms with E-state index in [-0.39, 0.29) is 5.43 Å². The van der Waals surface area contributed by atoms with Gasteiger partial charge in [0.05, 0.1) is 22.0 Å². The Hall–Kier alpha value is -4.36. The van der Waals surface area contributed by atoms with Crippen LogP contribution >= 0.6 is 0 Å². The molecule has 0 atom stereocenters. The summed E-state index contributed by atoms with van der Waals surface area (Å²) in [5.41, 5.74) is 5.20. The Bertz CT molecular complexity index is 1550. The van der Waals surface area contributed by atoms with Gasteiger partial charge in [-0.2, -0.15) is 5.26 Å². The second kappa shape index (κ2) is 8.05. The van der Waals surface area contributed by atoms with Crippen LogP contribution in [0.1, 0.15) is 11.1 Å². The molecule has 32 heavy (non-hydrogen) atoms. The SMILES string of the molecule is C=CCn1cc2c(cc1-c1ccccc1)c1c(=O)ccc(C#N)c1n2Cc1ccccc1. The Labute approximate surface area is 185 Å². The van der Waals surface area contributed by atoms with Crippen molar-refractivity contribution in [3.8, 4) is 17.3 Å². The lowest BCUT2D eigenvalue weighted by molar-refractivity contribution is 0.812. The summed E-state index contributed by atoms with van der Waals surface area (Å²) in [5, 5.41) is 11.3. The van der Waals surface area contributed by atoms with Gasteiger partial charge in [-0.15, -0.1) is 6.58 Å². The first-order chi connectivity index (χ1) is 15.7. The molecule has 0 amide bonds. The molecule has 4 heteroatoms. The molecular weight excluding hydrogens is 394 g/mol. The maximum absolute atomic E-state index is 13.0. The van der Waals surface area contributed by atoms with E-state index in [1.165, 1.54) is 6.07 Å². The van der Waals surface area contributed by atoms with Crippen LogP contribution in [0.25, 0.3) is 33.1 Å². The van der Waals surface area contributed by atoms with Crippen molar-refractivity contribution in [2.24, 2.45) is 0 Å². The Balaban J connectivity index is 1.91. The predicted octanol–water partition coefficient (Wildman–Crippen LogP) is 5.73. The molecule has 0 aliphatic heterocycles. The van der Waals surface area contributed by atoms with Gasteiger partial charge in [-0.05, 0) is 29.3 Å². The summed E-state index contributed by atoms with van der Waals surface area (Å²) in [5.74, 6) is 0. The number of nitrogens with zero attached hydrogens (tertiary/aromatic N) is 3. The van der Waals surface area contributed by atoms with Crippen LogP contribution in [-0.4, -0.2) is 9.13 Å². The minimum absolute atomic E-state index is 0.0729. The van der Waals surface area contributed by atoms with Crippen molar-refractivity contribution in [3.63, 3.8) is 0 Å². The molecular formula is C28H21N3O. The van der Waals surface area contributed by atoms with Crippen LogP contribution in [0.15, 0.2) is 103 Å². The van der Waals surface area contributed by atoms with Gasteiger partial charge in [-0.3, -0.25) is 4.79 Å². The highest BCUT2D eigenvalue weighted by molar-refractivity contribution is 6.10. The molecule has 0 saturated carbocycles. The van der Waals surface area contributed by atoms with E-state index in [0.29, 0.717) is 29.6 Å². The van der Waals surface area contributed by atoms with Crippen LogP contribution in [0.4, 0.5) is 0 Å². The first-order valence-electron chi connectivity index (χ1n) is 10.5. The van der Waals surface area contributed by atoms with Crippen molar-refractivity contribution in [1.82, 2.24) is 9.13 Å². The number of nitriles is 1. The molecule has 0 saturated heterocycles. The number of rotatable bonds is 5. The van der Waals surface area contributed by atoms with Crippen LogP contribution in [0.2, 0.25) is 0 Å². The Morgan fingerprint density at radius 1 is 0.969 bits per heavy atom. The molecule has 3 aromatic carbocycles. The van der Waals surface area contributed by atoms with Crippen molar-refractivity contribution in [1.29, 1.82) is 5.26 Å². The molecule has 2 heterocycles. The Morgan fingerprint density at radius 3 is 2.38 bits per heavy atom. The second-order valence-electron chi connectivity index (χ2n) is 7.78. The predicted molar refractivity (Wildman–Crippen MR) is 130 cm³/mol. The zero-order chi connectivity index (χ0) is 22.1. The fourth-order valence-electron chi connectivity index (χ4n) is 4.40. The smallest absolute Gasteiger partial charge is 0.188 e. The van der Waals surface area contributed by atoms with E-state index in [1.54, 1.807) is 6.07 Å². The fraction of sp³-hybridized carbons (Fsp3) is 0.0714. The molecule has 0 aliphatic carbocycles. The van der Waals surface area contributed by atoms with E-state index in [9.17, 15) is 10.1 Å². The van der Waals surface area contributed by atoms with Crippen molar-refractivity contribution >= 4 is 21.8 Å². The van der Waals surface area contributed by atoms with Crippen molar-refractivity contribution in [3.05, 3.63) is 119 Å². The van der Waals surface area contributed by atoms with E-state index < -0.39 is 0 Å². The zero-order valence-electron chi connectivity index (χ0n) is 17.5. The number of allylic oxidation sites excluding steroid dienone is 1. The van der Waals surface area contributed by atoms with Crippen LogP contribution in [0.5, 0.6) is 0 Å². The molecule has 5 rings (SSSR count). The molecule has 0 spiro atoms. The zero-order valence-corrected chi connectivity index (χ0v) is 17.5. The summed E-state index contributed by atoms with van der Waals surface area (Å²) in [6.45, 7) is 5.12. The van der Waals surface area contributed by atoms with Gasteiger partial charge < -0.3 is 9.13 Å². The number of aromatic nitrogens is 2. The molecule has 154 valence electrons. The third kappa shape index (κ3) is 3.21. The molecule has 2 aromatic heterocycles. The lowest BCUT2D eigenvalue weighted by Gasteiger charge is -2.15. The van der Waals surface area contributed by atoms with Gasteiger partial charge in [-0.1, -0.05) is 66.7 Å². The first-order valence-corrected chi connectivity index (χ1v) is 10.5. The molecule has 0 N–H and O–H groups in total. The fourth-order valence-corrected chi connectivity index (χ4v) is 4.40. The number of hydrogen-bond acceptors (Lipinski definition) is 2. The van der Waals surface area contributed by atoms with E-state index >= 15 is 0 Å². The summed E-state index contributed by atoms with van der Waals surface area (Å²) >= 11 is 0. The normalized spacial score (nSPS) is 11.0. The number of fused-ring (bicyclic) bond motifs is 3. The van der Waals surface area contributed by atoms with E-state index in [0.717, 1.165) is 27.7 Å². The lowest BCUT2D eigenvalue weighted by atomic mass is 10.1. The summed E-state index contributed by atoms with van der Waals surface area (Å²) in [6.07, 6.45) is 3.94. The van der Waals surface area contributed by atoms with Gasteiger partial charge in [0, 0.05) is 30.4 Å². The van der Waals surface area contributed by atoms with E-state index in [4.69, 9.17) is 0 Å². The van der Waals surface area contributed by atoms with Gasteiger partial charge in [0.2, 0.25) is 0 Å². The molecule has 0 radical (unpaired) electrons. The van der Waals surface area contributed by atoms with Gasteiger partial charge in [-0.25, -0.2) is 0 Å². The van der Waals surface area contributed by atoms with Crippen LogP contribution in [0, 0.1) is 11.3 Å². The number of pyridine rings is 1. The highest BCUT2D eigenvalue weighted by atomic mass is 16.1. The number of benzene rings is 3. The van der Waals surface area contributed by atoms with E-state index in [1.807, 2.05) is 42.5 Å². The minimum atomic E-state index is -0.0729. The monoisotopic (exact) mass is 415 g/mol. The van der Waals surface area contributed by atoms with Gasteiger partial charge >= 0.3 is 0 Å². The quantitative estimate of drug-likeness (QED) is 0.344. The van der Waals surface area contributed by atoms with Crippen molar-refractivity contribution in [2.75, 3.05) is 0 Å². The van der Waals surface area contributed by atoms with Gasteiger partial charge in [0.25, 0.3) is 0 Å². The summed E-state index contributed by atoms with van der Waals surface area (Å²) < 4.78 is 4.23. The topological polar surface area (TPSA) is 50.7 Å². The Kier molecular flexibility index (Phi) is 4.93. The summed E-state index contributed by atoms with van der Waals surface area (Å²) in [6, 6.07) is 27.7. The lowest BCUT2D eigenvalue weighted by Crippen LogP contribution is -2.05. The average Bonchev–Trinajstić information content (AvgIpc) is 3.14. The first kappa shape index (κ1) is 19.6. The molecule has 0 bridgehead atoms. The Morgan fingerprint density at radius 2 is 1.69 bits per heavy atom. The van der Waals surface area contributed by atoms with Crippen LogP contribution in [-0.2, 0) is 13.1 Å². The van der Waals surface area contributed by atoms with Gasteiger partial charge in [0.1, 0.15) is 6.07 Å². The summed E-state index contributed by atoms with van der Waals surface area (Å²) in [7, 11) is 0. The van der Waals surface area contributed by atoms with E-state index in [2.05, 4.69) is 58.3 Å². The van der Waals surface area contributed by atoms with Crippen LogP contribution < -0.4 is 5.43 Å². The standard InChI is InChI=1S/C28H21N3O/c1-2-15-30-19-25-23(16-24(30)21-11-7-4-8-12-21)27-26(32)14-13-22(17-29)28(27)31(25)18-20-9-5-3-6-10-20/h2-14,16,19H,1,15,18H2. The highest BCUT2D eigenvalue weighted by Gasteiger charge is 2.19. The van der Waals surface area contributed by atoms with Crippen molar-refractivity contribution < 1.29 is 0 Å². The van der Waals surface area contributed by atoms with Crippen LogP contribution in [0.3, 0.4) is 0 Å². The average molecular weight is 415 g/mol. The maximum atomic E-state index is 13.0. The summed E-state index contributed by atoms with van der Waals surface area (Å²) in [4.78, 5) is 13.0. The minimum Gasteiger partial charge on any atom is -0.342 e. The molecule has 5 aromatic rings. The third-order valence-corrected chi connectivity index (χ3v) is 5.81. The molecule has 0 fully saturated rings. The largest absolute Gasteiger partial charge is 0.342 e. The number of hydrogen-bond donors (Lipinski definition) is 0. The van der Waals surface area contributed by atoms with Crippen molar-refractivity contribution in [2.45, 2.75) is 13.1 Å². The van der Waals surface area contributed by atoms with Gasteiger partial charge in [0.15, 0.2) is 5.43 Å². The second-order valence-corrected chi connectivity index (χ2v) is 7.78. The molecule has 0 unspecified atom stereocenters. The molecule has 4 nitrogen and oxygen atoms in total. The highest BCUT2D eigenvalue weighted by Crippen LogP contribution is 2.33.